The summed E-state index contributed by atoms with van der Waals surface area (Å²) < 4.78 is 11.2. The third-order valence-corrected chi connectivity index (χ3v) is 5.64. The van der Waals surface area contributed by atoms with Gasteiger partial charge in [0.2, 0.25) is 0 Å². The van der Waals surface area contributed by atoms with Gasteiger partial charge in [-0.2, -0.15) is 10.1 Å². The predicted octanol–water partition coefficient (Wildman–Crippen LogP) is 2.78. The van der Waals surface area contributed by atoms with Crippen molar-refractivity contribution in [1.29, 1.82) is 0 Å². The summed E-state index contributed by atoms with van der Waals surface area (Å²) >= 11 is 0. The molecule has 1 aromatic heterocycles. The first-order valence-electron chi connectivity index (χ1n) is 10.5. The maximum atomic E-state index is 13.0. The Morgan fingerprint density at radius 3 is 2.30 bits per heavy atom. The SMILES string of the molecule is COC(=O)[C@H]1Nc2ccccc2-c2nc(=O)c(-c3ccc(C(C)C)cc3)nn2[C@@H]1C(=O)OC. The number of anilines is 1. The van der Waals surface area contributed by atoms with Crippen molar-refractivity contribution in [3.05, 3.63) is 64.4 Å². The summed E-state index contributed by atoms with van der Waals surface area (Å²) in [6.07, 6.45) is 0. The second kappa shape index (κ2) is 8.85. The summed E-state index contributed by atoms with van der Waals surface area (Å²) in [5, 5.41) is 7.57. The number of ether oxygens (including phenoxy) is 2. The van der Waals surface area contributed by atoms with Crippen molar-refractivity contribution in [2.45, 2.75) is 31.8 Å². The Hall–Kier alpha value is -4.01. The van der Waals surface area contributed by atoms with Gasteiger partial charge >= 0.3 is 11.9 Å². The number of fused-ring (bicyclic) bond motifs is 3. The van der Waals surface area contributed by atoms with Crippen molar-refractivity contribution >= 4 is 17.6 Å². The van der Waals surface area contributed by atoms with Gasteiger partial charge in [0.05, 0.1) is 14.2 Å². The summed E-state index contributed by atoms with van der Waals surface area (Å²) in [6, 6.07) is 12.0. The number of benzene rings is 2. The van der Waals surface area contributed by atoms with Crippen LogP contribution in [0.15, 0.2) is 53.3 Å². The van der Waals surface area contributed by atoms with Crippen LogP contribution in [0.2, 0.25) is 0 Å². The maximum absolute atomic E-state index is 13.0. The van der Waals surface area contributed by atoms with Crippen molar-refractivity contribution in [1.82, 2.24) is 14.8 Å². The Morgan fingerprint density at radius 1 is 1.00 bits per heavy atom. The van der Waals surface area contributed by atoms with E-state index in [2.05, 4.69) is 29.2 Å². The molecule has 0 bridgehead atoms. The van der Waals surface area contributed by atoms with Crippen molar-refractivity contribution in [3.63, 3.8) is 0 Å². The van der Waals surface area contributed by atoms with E-state index in [-0.39, 0.29) is 11.5 Å². The zero-order chi connectivity index (χ0) is 23.7. The maximum Gasteiger partial charge on any atom is 0.333 e. The fourth-order valence-electron chi connectivity index (χ4n) is 3.85. The summed E-state index contributed by atoms with van der Waals surface area (Å²) in [4.78, 5) is 42.9. The van der Waals surface area contributed by atoms with Crippen molar-refractivity contribution < 1.29 is 19.1 Å². The lowest BCUT2D eigenvalue weighted by atomic mass is 10.0. The van der Waals surface area contributed by atoms with Crippen LogP contribution in [0.5, 0.6) is 0 Å². The third-order valence-electron chi connectivity index (χ3n) is 5.64. The van der Waals surface area contributed by atoms with Gasteiger partial charge in [0.1, 0.15) is 0 Å². The first kappa shape index (κ1) is 22.2. The molecule has 0 aliphatic carbocycles. The van der Waals surface area contributed by atoms with Crippen LogP contribution in [0.1, 0.15) is 31.4 Å². The average Bonchev–Trinajstić information content (AvgIpc) is 2.97. The molecule has 2 atom stereocenters. The van der Waals surface area contributed by atoms with E-state index in [1.165, 1.54) is 18.9 Å². The van der Waals surface area contributed by atoms with E-state index in [0.717, 1.165) is 5.56 Å². The van der Waals surface area contributed by atoms with Crippen molar-refractivity contribution in [2.75, 3.05) is 19.5 Å². The predicted molar refractivity (Wildman–Crippen MR) is 122 cm³/mol. The number of methoxy groups -OCH3 is 2. The molecule has 3 aromatic rings. The van der Waals surface area contributed by atoms with Gasteiger partial charge in [0.25, 0.3) is 5.56 Å². The van der Waals surface area contributed by atoms with Gasteiger partial charge in [-0.3, -0.25) is 4.79 Å². The minimum absolute atomic E-state index is 0.0611. The molecule has 0 fully saturated rings. The van der Waals surface area contributed by atoms with E-state index in [4.69, 9.17) is 9.47 Å². The lowest BCUT2D eigenvalue weighted by molar-refractivity contribution is -0.152. The van der Waals surface area contributed by atoms with Crippen molar-refractivity contribution in [3.8, 4) is 22.6 Å². The molecule has 170 valence electrons. The molecule has 4 rings (SSSR count). The van der Waals surface area contributed by atoms with Crippen LogP contribution in [0.4, 0.5) is 5.69 Å². The van der Waals surface area contributed by atoms with E-state index < -0.39 is 29.6 Å². The van der Waals surface area contributed by atoms with Gasteiger partial charge in [-0.05, 0) is 23.6 Å². The number of nitrogens with zero attached hydrogens (tertiary/aromatic N) is 3. The molecule has 1 aliphatic rings. The minimum atomic E-state index is -1.26. The summed E-state index contributed by atoms with van der Waals surface area (Å²) in [7, 11) is 2.45. The number of para-hydroxylation sites is 1. The molecular formula is C24H24N4O5. The fraction of sp³-hybridized carbons (Fsp3) is 0.292. The number of carbonyl (C=O) groups is 2. The van der Waals surface area contributed by atoms with Crippen molar-refractivity contribution in [2.24, 2.45) is 0 Å². The smallest absolute Gasteiger partial charge is 0.333 e. The quantitative estimate of drug-likeness (QED) is 0.607. The largest absolute Gasteiger partial charge is 0.467 e. The molecule has 0 saturated heterocycles. The number of hydrogen-bond acceptors (Lipinski definition) is 8. The molecular weight excluding hydrogens is 424 g/mol. The monoisotopic (exact) mass is 448 g/mol. The average molecular weight is 448 g/mol. The normalized spacial score (nSPS) is 16.8. The van der Waals surface area contributed by atoms with Gasteiger partial charge in [-0.1, -0.05) is 50.2 Å². The van der Waals surface area contributed by atoms with Gasteiger partial charge in [-0.15, -0.1) is 0 Å². The summed E-state index contributed by atoms with van der Waals surface area (Å²) in [5.74, 6) is -0.944. The number of rotatable bonds is 4. The molecule has 2 aromatic carbocycles. The second-order valence-electron chi connectivity index (χ2n) is 7.97. The summed E-state index contributed by atoms with van der Waals surface area (Å²) in [6.45, 7) is 4.15. The number of nitrogens with one attached hydrogen (secondary N) is 1. The topological polar surface area (TPSA) is 112 Å². The highest BCUT2D eigenvalue weighted by Crippen LogP contribution is 2.34. The lowest BCUT2D eigenvalue weighted by Gasteiger charge is -2.24. The van der Waals surface area contributed by atoms with Crippen LogP contribution in [0.3, 0.4) is 0 Å². The van der Waals surface area contributed by atoms with Gasteiger partial charge in [0.15, 0.2) is 23.6 Å². The highest BCUT2D eigenvalue weighted by molar-refractivity contribution is 5.91. The lowest BCUT2D eigenvalue weighted by Crippen LogP contribution is -2.44. The molecule has 9 heteroatoms. The molecule has 9 nitrogen and oxygen atoms in total. The zero-order valence-corrected chi connectivity index (χ0v) is 18.7. The highest BCUT2D eigenvalue weighted by Gasteiger charge is 2.42. The first-order chi connectivity index (χ1) is 15.8. The van der Waals surface area contributed by atoms with Crippen LogP contribution in [-0.2, 0) is 19.1 Å². The number of carbonyl (C=O) groups excluding carboxylic acids is 2. The fourth-order valence-corrected chi connectivity index (χ4v) is 3.85. The molecule has 0 radical (unpaired) electrons. The Morgan fingerprint density at radius 2 is 1.67 bits per heavy atom. The van der Waals surface area contributed by atoms with E-state index >= 15 is 0 Å². The molecule has 0 spiro atoms. The minimum Gasteiger partial charge on any atom is -0.467 e. The van der Waals surface area contributed by atoms with E-state index in [9.17, 15) is 14.4 Å². The Kier molecular flexibility index (Phi) is 5.95. The Bertz CT molecular complexity index is 1270. The number of hydrogen-bond donors (Lipinski definition) is 1. The molecule has 0 unspecified atom stereocenters. The van der Waals surface area contributed by atoms with Gasteiger partial charge in [-0.25, -0.2) is 14.3 Å². The molecule has 1 aliphatic heterocycles. The van der Waals surface area contributed by atoms with Crippen LogP contribution < -0.4 is 10.9 Å². The molecule has 2 heterocycles. The third kappa shape index (κ3) is 3.97. The van der Waals surface area contributed by atoms with E-state index in [0.29, 0.717) is 22.7 Å². The van der Waals surface area contributed by atoms with E-state index in [1.807, 2.05) is 12.1 Å². The standard InChI is InChI=1S/C24H24N4O5/c1-13(2)14-9-11-15(12-10-14)18-22(29)26-21-16-7-5-6-8-17(16)25-19(23(30)32-3)20(24(31)33-4)28(21)27-18/h5-13,19-20,25H,1-4H3/t19-,20-/m0/s1. The number of aromatic nitrogens is 3. The van der Waals surface area contributed by atoms with Gasteiger partial charge < -0.3 is 14.8 Å². The molecule has 33 heavy (non-hydrogen) atoms. The Balaban J connectivity index is 1.98. The molecule has 0 saturated carbocycles. The first-order valence-corrected chi connectivity index (χ1v) is 10.5. The molecule has 1 N–H and O–H groups in total. The van der Waals surface area contributed by atoms with E-state index in [1.54, 1.807) is 36.4 Å². The molecule has 0 amide bonds. The summed E-state index contributed by atoms with van der Waals surface area (Å²) in [5.41, 5.74) is 2.20. The zero-order valence-electron chi connectivity index (χ0n) is 18.7. The highest BCUT2D eigenvalue weighted by atomic mass is 16.5. The van der Waals surface area contributed by atoms with Crippen LogP contribution in [-0.4, -0.2) is 47.0 Å². The Labute approximate surface area is 190 Å². The van der Waals surface area contributed by atoms with Crippen LogP contribution in [0, 0.1) is 0 Å². The van der Waals surface area contributed by atoms with Crippen LogP contribution >= 0.6 is 0 Å². The van der Waals surface area contributed by atoms with Gasteiger partial charge in [0, 0.05) is 16.8 Å². The second-order valence-corrected chi connectivity index (χ2v) is 7.97. The van der Waals surface area contributed by atoms with Crippen LogP contribution in [0.25, 0.3) is 22.6 Å². The number of esters is 2.